The fourth-order valence-electron chi connectivity index (χ4n) is 6.59. The van der Waals surface area contributed by atoms with Gasteiger partial charge in [-0.3, -0.25) is 0 Å². The standard InChI is InChI=1S/C37H26F16O3/c1-2-3-17-4-6-18(7-5-17)19-8-9-23(24(38)10-19)20-11-25(39)31(26(40)12-20)34(45,46)54-21-13-27(41)32(28(42)14-21)35(47,48)55-22-15-29(43)33(30(44)16-22)36(49,50)56-37(51,52)53/h8-18H,2-7H2,1H3. The van der Waals surface area contributed by atoms with Gasteiger partial charge in [0.2, 0.25) is 0 Å². The lowest BCUT2D eigenvalue weighted by atomic mass is 9.77. The van der Waals surface area contributed by atoms with Crippen LogP contribution < -0.4 is 9.47 Å². The third-order valence-corrected chi connectivity index (χ3v) is 9.00. The van der Waals surface area contributed by atoms with Gasteiger partial charge in [0.05, 0.1) is 0 Å². The van der Waals surface area contributed by atoms with E-state index in [9.17, 15) is 48.3 Å². The predicted molar refractivity (Wildman–Crippen MR) is 164 cm³/mol. The average molecular weight is 823 g/mol. The average Bonchev–Trinajstić information content (AvgIpc) is 3.02. The monoisotopic (exact) mass is 822 g/mol. The Morgan fingerprint density at radius 2 is 0.929 bits per heavy atom. The van der Waals surface area contributed by atoms with E-state index in [0.29, 0.717) is 23.6 Å². The molecule has 304 valence electrons. The van der Waals surface area contributed by atoms with Gasteiger partial charge < -0.3 is 9.47 Å². The lowest BCUT2D eigenvalue weighted by Gasteiger charge is -2.28. The molecule has 4 aromatic carbocycles. The van der Waals surface area contributed by atoms with Crippen molar-refractivity contribution in [3.8, 4) is 22.6 Å². The van der Waals surface area contributed by atoms with Crippen LogP contribution in [0.3, 0.4) is 0 Å². The van der Waals surface area contributed by atoms with Gasteiger partial charge in [0.1, 0.15) is 68.9 Å². The smallest absolute Gasteiger partial charge is 0.429 e. The maximum absolute atomic E-state index is 15.2. The highest BCUT2D eigenvalue weighted by molar-refractivity contribution is 5.65. The van der Waals surface area contributed by atoms with Crippen molar-refractivity contribution in [1.82, 2.24) is 0 Å². The number of benzene rings is 4. The Kier molecular flexibility index (Phi) is 11.9. The Labute approximate surface area is 306 Å². The van der Waals surface area contributed by atoms with E-state index in [-0.39, 0.29) is 23.6 Å². The van der Waals surface area contributed by atoms with E-state index in [1.54, 1.807) is 6.07 Å². The van der Waals surface area contributed by atoms with Crippen molar-refractivity contribution in [2.24, 2.45) is 5.92 Å². The highest BCUT2D eigenvalue weighted by Gasteiger charge is 2.50. The van der Waals surface area contributed by atoms with Gasteiger partial charge in [-0.2, -0.15) is 26.3 Å². The minimum Gasteiger partial charge on any atom is -0.429 e. The molecule has 1 saturated carbocycles. The molecule has 0 radical (unpaired) electrons. The Morgan fingerprint density at radius 3 is 1.32 bits per heavy atom. The van der Waals surface area contributed by atoms with Crippen LogP contribution in [0.2, 0.25) is 0 Å². The Bertz CT molecular complexity index is 2000. The molecule has 0 aromatic heterocycles. The van der Waals surface area contributed by atoms with Crippen LogP contribution in [-0.2, 0) is 23.1 Å². The lowest BCUT2D eigenvalue weighted by molar-refractivity contribution is -0.432. The highest BCUT2D eigenvalue weighted by Crippen LogP contribution is 2.44. The van der Waals surface area contributed by atoms with Crippen LogP contribution in [-0.4, -0.2) is 6.36 Å². The molecule has 56 heavy (non-hydrogen) atoms. The van der Waals surface area contributed by atoms with Crippen LogP contribution in [0.4, 0.5) is 70.2 Å². The fourth-order valence-corrected chi connectivity index (χ4v) is 6.59. The molecule has 4 aromatic rings. The normalized spacial score (nSPS) is 16.9. The predicted octanol–water partition coefficient (Wildman–Crippen LogP) is 13.2. The summed E-state index contributed by atoms with van der Waals surface area (Å²) in [7, 11) is 0. The Balaban J connectivity index is 1.34. The maximum atomic E-state index is 15.2. The molecule has 19 heteroatoms. The van der Waals surface area contributed by atoms with Crippen LogP contribution in [0.25, 0.3) is 11.1 Å². The molecule has 5 rings (SSSR count). The zero-order valence-corrected chi connectivity index (χ0v) is 28.4. The Morgan fingerprint density at radius 1 is 0.518 bits per heavy atom. The van der Waals surface area contributed by atoms with Crippen molar-refractivity contribution >= 4 is 0 Å². The lowest BCUT2D eigenvalue weighted by Crippen LogP contribution is -2.30. The van der Waals surface area contributed by atoms with E-state index in [4.69, 9.17) is 0 Å². The first-order valence-corrected chi connectivity index (χ1v) is 16.5. The summed E-state index contributed by atoms with van der Waals surface area (Å²) in [6.07, 6.45) is -16.7. The van der Waals surface area contributed by atoms with Crippen LogP contribution >= 0.6 is 0 Å². The van der Waals surface area contributed by atoms with Crippen molar-refractivity contribution in [1.29, 1.82) is 0 Å². The quantitative estimate of drug-likeness (QED) is 0.133. The van der Waals surface area contributed by atoms with E-state index in [1.807, 2.05) is 0 Å². The second-order valence-electron chi connectivity index (χ2n) is 12.9. The molecule has 0 bridgehead atoms. The van der Waals surface area contributed by atoms with Gasteiger partial charge >= 0.3 is 24.7 Å². The minimum absolute atomic E-state index is 0.0452. The van der Waals surface area contributed by atoms with Crippen molar-refractivity contribution in [3.63, 3.8) is 0 Å². The molecule has 0 aliphatic heterocycles. The second kappa shape index (κ2) is 15.7. The summed E-state index contributed by atoms with van der Waals surface area (Å²) in [6.45, 7) is 2.08. The highest BCUT2D eigenvalue weighted by atomic mass is 19.4. The molecule has 1 aliphatic carbocycles. The Hall–Kier alpha value is -4.68. The molecular weight excluding hydrogens is 796 g/mol. The molecule has 0 saturated heterocycles. The summed E-state index contributed by atoms with van der Waals surface area (Å²) in [5, 5.41) is 0. The summed E-state index contributed by atoms with van der Waals surface area (Å²) in [6, 6.07) is 2.97. The molecule has 0 unspecified atom stereocenters. The van der Waals surface area contributed by atoms with Crippen molar-refractivity contribution in [2.45, 2.75) is 76.1 Å². The summed E-state index contributed by atoms with van der Waals surface area (Å²) in [5.41, 5.74) is -7.49. The number of hydrogen-bond donors (Lipinski definition) is 0. The summed E-state index contributed by atoms with van der Waals surface area (Å²) in [5.74, 6) is -18.0. The molecule has 0 atom stereocenters. The summed E-state index contributed by atoms with van der Waals surface area (Å²) in [4.78, 5) is 0. The van der Waals surface area contributed by atoms with Crippen molar-refractivity contribution < 1.29 is 84.5 Å². The van der Waals surface area contributed by atoms with Gasteiger partial charge in [0, 0.05) is 29.8 Å². The molecule has 3 nitrogen and oxygen atoms in total. The van der Waals surface area contributed by atoms with E-state index in [1.165, 1.54) is 12.1 Å². The second-order valence-corrected chi connectivity index (χ2v) is 12.9. The van der Waals surface area contributed by atoms with Crippen molar-refractivity contribution in [2.75, 3.05) is 0 Å². The first-order valence-electron chi connectivity index (χ1n) is 16.5. The van der Waals surface area contributed by atoms with Gasteiger partial charge in [0.25, 0.3) is 0 Å². The number of rotatable bonds is 12. The first-order chi connectivity index (χ1) is 25.9. The molecule has 0 heterocycles. The van der Waals surface area contributed by atoms with E-state index in [0.717, 1.165) is 38.5 Å². The van der Waals surface area contributed by atoms with E-state index >= 15 is 22.0 Å². The van der Waals surface area contributed by atoms with Crippen LogP contribution in [0.5, 0.6) is 11.5 Å². The number of halogens is 16. The van der Waals surface area contributed by atoms with E-state index in [2.05, 4.69) is 21.1 Å². The number of ether oxygens (including phenoxy) is 3. The summed E-state index contributed by atoms with van der Waals surface area (Å²) >= 11 is 0. The molecular formula is C37H26F16O3. The van der Waals surface area contributed by atoms with Crippen LogP contribution in [0, 0.1) is 46.6 Å². The van der Waals surface area contributed by atoms with Gasteiger partial charge in [-0.15, -0.1) is 13.2 Å². The van der Waals surface area contributed by atoms with Gasteiger partial charge in [-0.25, -0.2) is 35.5 Å². The zero-order valence-electron chi connectivity index (χ0n) is 28.4. The zero-order chi connectivity index (χ0) is 41.5. The van der Waals surface area contributed by atoms with Crippen molar-refractivity contribution in [3.05, 3.63) is 118 Å². The van der Waals surface area contributed by atoms with Gasteiger partial charge in [0.15, 0.2) is 0 Å². The molecule has 0 amide bonds. The third-order valence-electron chi connectivity index (χ3n) is 9.00. The molecule has 0 N–H and O–H groups in total. The molecule has 1 aliphatic rings. The summed E-state index contributed by atoms with van der Waals surface area (Å²) < 4.78 is 237. The maximum Gasteiger partial charge on any atom is 0.527 e. The topological polar surface area (TPSA) is 27.7 Å². The van der Waals surface area contributed by atoms with Crippen LogP contribution in [0.15, 0.2) is 54.6 Å². The third kappa shape index (κ3) is 9.29. The first kappa shape index (κ1) is 42.5. The number of hydrogen-bond acceptors (Lipinski definition) is 3. The minimum atomic E-state index is -6.13. The van der Waals surface area contributed by atoms with Crippen LogP contribution in [0.1, 0.15) is 73.6 Å². The molecule has 1 fully saturated rings. The molecule has 0 spiro atoms. The van der Waals surface area contributed by atoms with E-state index < -0.39 is 111 Å². The van der Waals surface area contributed by atoms with Gasteiger partial charge in [-0.05, 0) is 66.8 Å². The fraction of sp³-hybridized carbons (Fsp3) is 0.351. The SMILES string of the molecule is CCCC1CCC(c2ccc(-c3cc(F)c(C(F)(F)Oc4cc(F)c(C(F)(F)Oc5cc(F)c(C(F)(F)OC(F)(F)F)c(F)c5)c(F)c4)c(F)c3)c(F)c2)CC1. The van der Waals surface area contributed by atoms with Gasteiger partial charge in [-0.1, -0.05) is 31.9 Å². The largest absolute Gasteiger partial charge is 0.527 e. The number of alkyl halides is 9.